The molecule has 0 atom stereocenters. The Morgan fingerprint density at radius 2 is 1.68 bits per heavy atom. The van der Waals surface area contributed by atoms with Crippen molar-refractivity contribution in [2.45, 2.75) is 32.0 Å². The van der Waals surface area contributed by atoms with E-state index in [4.69, 9.17) is 10.00 Å². The summed E-state index contributed by atoms with van der Waals surface area (Å²) in [5, 5.41) is 8.41. The molecule has 25 heavy (non-hydrogen) atoms. The van der Waals surface area contributed by atoms with Crippen LogP contribution >= 0.6 is 0 Å². The number of allylic oxidation sites excluding steroid dienone is 2. The molecule has 1 fully saturated rings. The van der Waals surface area contributed by atoms with Crippen LogP contribution < -0.4 is 9.47 Å². The number of hydrogen-bond donors (Lipinski definition) is 0. The van der Waals surface area contributed by atoms with E-state index in [2.05, 4.69) is 4.74 Å². The Labute approximate surface area is 141 Å². The minimum absolute atomic E-state index is 0.0810. The van der Waals surface area contributed by atoms with Gasteiger partial charge in [0.25, 0.3) is 0 Å². The molecular weight excluding hydrogens is 342 g/mol. The molecule has 1 aromatic rings. The fourth-order valence-electron chi connectivity index (χ4n) is 2.67. The van der Waals surface area contributed by atoms with Gasteiger partial charge in [-0.05, 0) is 61.9 Å². The van der Waals surface area contributed by atoms with E-state index in [-0.39, 0.29) is 17.6 Å². The lowest BCUT2D eigenvalue weighted by Crippen LogP contribution is -2.25. The van der Waals surface area contributed by atoms with Gasteiger partial charge in [-0.15, -0.1) is 13.2 Å². The van der Waals surface area contributed by atoms with Crippen LogP contribution in [0.2, 0.25) is 0 Å². The van der Waals surface area contributed by atoms with E-state index in [0.717, 1.165) is 12.1 Å². The van der Waals surface area contributed by atoms with Gasteiger partial charge in [-0.1, -0.05) is 0 Å². The third-order valence-electron chi connectivity index (χ3n) is 3.87. The van der Waals surface area contributed by atoms with Gasteiger partial charge in [0.1, 0.15) is 17.6 Å². The van der Waals surface area contributed by atoms with Crippen molar-refractivity contribution in [3.8, 4) is 17.6 Å². The summed E-state index contributed by atoms with van der Waals surface area (Å²) in [5.41, 5.74) is 0. The monoisotopic (exact) mass is 357 g/mol. The molecular formula is C17H15F4NO3. The first-order chi connectivity index (χ1) is 11.8. The summed E-state index contributed by atoms with van der Waals surface area (Å²) in [4.78, 5) is 12.1. The fraction of sp³-hybridized carbons (Fsp3) is 0.412. The second-order valence-corrected chi connectivity index (χ2v) is 5.68. The molecule has 1 aromatic carbocycles. The SMILES string of the molecule is N#CC(F)=C[C@H]1CC[C@H](C(=O)Oc2ccc(OC(F)(F)F)cc2)CC1. The maximum atomic E-state index is 12.9. The minimum atomic E-state index is -4.78. The molecule has 0 amide bonds. The number of carbonyl (C=O) groups is 1. The van der Waals surface area contributed by atoms with Crippen molar-refractivity contribution in [2.75, 3.05) is 0 Å². The van der Waals surface area contributed by atoms with Gasteiger partial charge in [0.2, 0.25) is 0 Å². The first-order valence-corrected chi connectivity index (χ1v) is 7.62. The maximum Gasteiger partial charge on any atom is 0.573 e. The summed E-state index contributed by atoms with van der Waals surface area (Å²) >= 11 is 0. The highest BCUT2D eigenvalue weighted by Crippen LogP contribution is 2.32. The lowest BCUT2D eigenvalue weighted by molar-refractivity contribution is -0.274. The first-order valence-electron chi connectivity index (χ1n) is 7.62. The highest BCUT2D eigenvalue weighted by atomic mass is 19.4. The number of benzene rings is 1. The van der Waals surface area contributed by atoms with Crippen molar-refractivity contribution in [1.82, 2.24) is 0 Å². The van der Waals surface area contributed by atoms with Crippen molar-refractivity contribution in [1.29, 1.82) is 5.26 Å². The van der Waals surface area contributed by atoms with Gasteiger partial charge in [0.15, 0.2) is 5.83 Å². The summed E-state index contributed by atoms with van der Waals surface area (Å²) in [6.45, 7) is 0. The maximum absolute atomic E-state index is 12.9. The smallest absolute Gasteiger partial charge is 0.426 e. The van der Waals surface area contributed by atoms with Gasteiger partial charge < -0.3 is 9.47 Å². The number of halogens is 4. The topological polar surface area (TPSA) is 59.3 Å². The zero-order valence-electron chi connectivity index (χ0n) is 13.1. The molecule has 0 saturated heterocycles. The van der Waals surface area contributed by atoms with E-state index in [9.17, 15) is 22.4 Å². The molecule has 0 radical (unpaired) electrons. The van der Waals surface area contributed by atoms with Gasteiger partial charge in [0.05, 0.1) is 5.92 Å². The standard InChI is InChI=1S/C17H15F4NO3/c18-13(10-22)9-11-1-3-12(4-2-11)16(23)24-14-5-7-15(8-6-14)25-17(19,20)21/h5-9,11-12H,1-4H2/t11-,12-. The van der Waals surface area contributed by atoms with Crippen LogP contribution in [0.3, 0.4) is 0 Å². The Balaban J connectivity index is 1.86. The van der Waals surface area contributed by atoms with Crippen LogP contribution in [0.15, 0.2) is 36.2 Å². The Morgan fingerprint density at radius 1 is 1.12 bits per heavy atom. The zero-order valence-corrected chi connectivity index (χ0v) is 13.1. The van der Waals surface area contributed by atoms with Crippen molar-refractivity contribution in [3.63, 3.8) is 0 Å². The van der Waals surface area contributed by atoms with Gasteiger partial charge in [-0.3, -0.25) is 4.79 Å². The molecule has 1 aliphatic rings. The Bertz CT molecular complexity index is 669. The average Bonchev–Trinajstić information content (AvgIpc) is 2.56. The molecule has 0 aliphatic heterocycles. The second-order valence-electron chi connectivity index (χ2n) is 5.68. The Morgan fingerprint density at radius 3 is 2.20 bits per heavy atom. The molecule has 1 saturated carbocycles. The lowest BCUT2D eigenvalue weighted by Gasteiger charge is -2.25. The van der Waals surface area contributed by atoms with Crippen LogP contribution in [0, 0.1) is 23.2 Å². The van der Waals surface area contributed by atoms with Crippen LogP contribution in [0.5, 0.6) is 11.5 Å². The molecule has 0 heterocycles. The number of ether oxygens (including phenoxy) is 2. The zero-order chi connectivity index (χ0) is 18.4. The van der Waals surface area contributed by atoms with E-state index in [1.165, 1.54) is 24.3 Å². The van der Waals surface area contributed by atoms with Gasteiger partial charge >= 0.3 is 12.3 Å². The number of esters is 1. The molecule has 4 nitrogen and oxygen atoms in total. The highest BCUT2D eigenvalue weighted by molar-refractivity contribution is 5.75. The van der Waals surface area contributed by atoms with Crippen molar-refractivity contribution in [3.05, 3.63) is 36.2 Å². The molecule has 0 aromatic heterocycles. The molecule has 0 bridgehead atoms. The normalized spacial score (nSPS) is 21.3. The predicted molar refractivity (Wildman–Crippen MR) is 79.0 cm³/mol. The van der Waals surface area contributed by atoms with E-state index in [1.807, 2.05) is 0 Å². The van der Waals surface area contributed by atoms with Crippen molar-refractivity contribution in [2.24, 2.45) is 11.8 Å². The fourth-order valence-corrected chi connectivity index (χ4v) is 2.67. The van der Waals surface area contributed by atoms with Crippen LogP contribution in [0.1, 0.15) is 25.7 Å². The van der Waals surface area contributed by atoms with E-state index in [0.29, 0.717) is 25.7 Å². The van der Waals surface area contributed by atoms with Gasteiger partial charge in [-0.25, -0.2) is 0 Å². The number of alkyl halides is 3. The number of carbonyl (C=O) groups excluding carboxylic acids is 1. The Kier molecular flexibility index (Phi) is 6.02. The minimum Gasteiger partial charge on any atom is -0.426 e. The molecule has 8 heteroatoms. The van der Waals surface area contributed by atoms with Crippen LogP contribution in [-0.2, 0) is 4.79 Å². The number of nitriles is 1. The molecule has 0 spiro atoms. The van der Waals surface area contributed by atoms with E-state index in [1.54, 1.807) is 0 Å². The molecule has 1 aliphatic carbocycles. The van der Waals surface area contributed by atoms with Crippen molar-refractivity contribution >= 4 is 5.97 Å². The quantitative estimate of drug-likeness (QED) is 0.340. The van der Waals surface area contributed by atoms with Crippen LogP contribution in [0.25, 0.3) is 0 Å². The van der Waals surface area contributed by atoms with Gasteiger partial charge in [0, 0.05) is 0 Å². The summed E-state index contributed by atoms with van der Waals surface area (Å²) in [6, 6.07) is 5.97. The van der Waals surface area contributed by atoms with Crippen LogP contribution in [-0.4, -0.2) is 12.3 Å². The molecule has 0 unspecified atom stereocenters. The van der Waals surface area contributed by atoms with E-state index >= 15 is 0 Å². The molecule has 134 valence electrons. The predicted octanol–water partition coefficient (Wildman–Crippen LogP) is 4.67. The average molecular weight is 357 g/mol. The largest absolute Gasteiger partial charge is 0.573 e. The highest BCUT2D eigenvalue weighted by Gasteiger charge is 2.31. The third-order valence-corrected chi connectivity index (χ3v) is 3.87. The third kappa shape index (κ3) is 6.10. The van der Waals surface area contributed by atoms with Gasteiger partial charge in [-0.2, -0.15) is 9.65 Å². The lowest BCUT2D eigenvalue weighted by atomic mass is 9.82. The number of hydrogen-bond acceptors (Lipinski definition) is 4. The summed E-state index contributed by atoms with van der Waals surface area (Å²) < 4.78 is 58.0. The van der Waals surface area contributed by atoms with Crippen molar-refractivity contribution < 1.29 is 31.8 Å². The molecule has 2 rings (SSSR count). The summed E-state index contributed by atoms with van der Waals surface area (Å²) in [5.74, 6) is -2.03. The van der Waals surface area contributed by atoms with Crippen LogP contribution in [0.4, 0.5) is 17.6 Å². The Hall–Kier alpha value is -2.56. The number of nitrogens with zero attached hydrogens (tertiary/aromatic N) is 1. The molecule has 0 N–H and O–H groups in total. The number of rotatable bonds is 4. The summed E-state index contributed by atoms with van der Waals surface area (Å²) in [7, 11) is 0. The first kappa shape index (κ1) is 18.8. The summed E-state index contributed by atoms with van der Waals surface area (Å²) in [6.07, 6.45) is -1.40. The van der Waals surface area contributed by atoms with E-state index < -0.39 is 23.9 Å². The second kappa shape index (κ2) is 8.01.